The average Bonchev–Trinajstić information content (AvgIpc) is 3.18. The fourth-order valence-electron chi connectivity index (χ4n) is 3.77. The highest BCUT2D eigenvalue weighted by atomic mass is 127. The zero-order valence-electron chi connectivity index (χ0n) is 21.8. The molecule has 212 valence electrons. The summed E-state index contributed by atoms with van der Waals surface area (Å²) in [6.45, 7) is 3.72. The molecule has 3 amide bonds. The lowest BCUT2D eigenvalue weighted by Crippen LogP contribution is -2.27. The van der Waals surface area contributed by atoms with E-state index in [4.69, 9.17) is 21.1 Å². The monoisotopic (exact) mass is 707 g/mol. The molecular weight excluding hydrogens is 685 g/mol. The summed E-state index contributed by atoms with van der Waals surface area (Å²) in [6.07, 6.45) is 1.59. The van der Waals surface area contributed by atoms with E-state index in [1.807, 2.05) is 6.92 Å². The van der Waals surface area contributed by atoms with E-state index in [0.29, 0.717) is 43.5 Å². The number of nitro benzene ring substituents is 1. The normalized spacial score (nSPS) is 14.0. The number of nitrogens with one attached hydrogen (secondary N) is 1. The number of imide groups is 1. The van der Waals surface area contributed by atoms with E-state index in [-0.39, 0.29) is 29.7 Å². The lowest BCUT2D eigenvalue weighted by Gasteiger charge is -2.15. The summed E-state index contributed by atoms with van der Waals surface area (Å²) in [5, 5.41) is 13.7. The van der Waals surface area contributed by atoms with Crippen LogP contribution in [0.15, 0.2) is 59.5 Å². The minimum atomic E-state index is -0.516. The van der Waals surface area contributed by atoms with E-state index < -0.39 is 16.1 Å². The number of halogens is 2. The molecule has 3 aromatic carbocycles. The first-order valence-electron chi connectivity index (χ1n) is 12.2. The first kappa shape index (κ1) is 30.3. The van der Waals surface area contributed by atoms with Gasteiger partial charge >= 0.3 is 0 Å². The van der Waals surface area contributed by atoms with Gasteiger partial charge in [0.25, 0.3) is 22.7 Å². The van der Waals surface area contributed by atoms with Gasteiger partial charge in [-0.05, 0) is 95.2 Å². The molecule has 0 aliphatic carbocycles. The number of rotatable bonds is 10. The van der Waals surface area contributed by atoms with Crippen LogP contribution in [-0.2, 0) is 16.1 Å². The quantitative estimate of drug-likeness (QED) is 0.105. The van der Waals surface area contributed by atoms with E-state index in [9.17, 15) is 24.5 Å². The number of amides is 3. The minimum Gasteiger partial charge on any atom is -0.490 e. The summed E-state index contributed by atoms with van der Waals surface area (Å²) in [4.78, 5) is 49.8. The Balaban J connectivity index is 1.47. The fraction of sp³-hybridized carbons (Fsp3) is 0.179. The van der Waals surface area contributed by atoms with Gasteiger partial charge in [-0.15, -0.1) is 0 Å². The highest BCUT2D eigenvalue weighted by Crippen LogP contribution is 2.38. The van der Waals surface area contributed by atoms with Crippen molar-refractivity contribution in [3.63, 3.8) is 0 Å². The summed E-state index contributed by atoms with van der Waals surface area (Å²) in [5.41, 5.74) is 2.55. The molecule has 10 nitrogen and oxygen atoms in total. The number of nitrogens with zero attached hydrogens (tertiary/aromatic N) is 2. The number of carbonyl (C=O) groups excluding carboxylic acids is 3. The summed E-state index contributed by atoms with van der Waals surface area (Å²) >= 11 is 8.98. The van der Waals surface area contributed by atoms with Gasteiger partial charge in [-0.3, -0.25) is 29.4 Å². The largest absolute Gasteiger partial charge is 0.490 e. The smallest absolute Gasteiger partial charge is 0.293 e. The summed E-state index contributed by atoms with van der Waals surface area (Å²) in [7, 11) is 0. The van der Waals surface area contributed by atoms with Crippen LogP contribution in [0.3, 0.4) is 0 Å². The van der Waals surface area contributed by atoms with Crippen molar-refractivity contribution in [2.24, 2.45) is 0 Å². The Kier molecular flexibility index (Phi) is 9.89. The molecule has 1 saturated heterocycles. The van der Waals surface area contributed by atoms with Gasteiger partial charge in [-0.1, -0.05) is 29.8 Å². The van der Waals surface area contributed by atoms with Crippen molar-refractivity contribution < 1.29 is 28.8 Å². The maximum atomic E-state index is 13.0. The molecule has 4 rings (SSSR count). The zero-order valence-corrected chi connectivity index (χ0v) is 25.5. The number of thioether (sulfide) groups is 1. The van der Waals surface area contributed by atoms with Crippen molar-refractivity contribution in [2.75, 3.05) is 18.5 Å². The molecule has 1 aliphatic heterocycles. The third-order valence-electron chi connectivity index (χ3n) is 5.79. The van der Waals surface area contributed by atoms with E-state index in [1.165, 1.54) is 24.3 Å². The number of ether oxygens (including phenoxy) is 2. The Labute approximate surface area is 258 Å². The molecule has 1 fully saturated rings. The number of hydrogen-bond donors (Lipinski definition) is 1. The molecule has 0 radical (unpaired) electrons. The molecule has 3 aromatic rings. The Morgan fingerprint density at radius 3 is 2.54 bits per heavy atom. The molecule has 1 aliphatic rings. The predicted molar refractivity (Wildman–Crippen MR) is 165 cm³/mol. The number of carbonyl (C=O) groups is 3. The van der Waals surface area contributed by atoms with E-state index in [1.54, 1.807) is 43.3 Å². The van der Waals surface area contributed by atoms with Crippen LogP contribution in [-0.4, -0.2) is 40.1 Å². The standard InChI is InChI=1S/C28H23ClIN3O7S/c1-3-39-23-11-18(10-22(30)26(23)40-15-25(34)31-19-7-4-16(2)21(29)13-19)12-24-27(35)32(28(36)41-24)14-17-5-8-20(9-6-17)33(37)38/h4-13H,3,14-15H2,1-2H3,(H,31,34)/b24-12-. The van der Waals surface area contributed by atoms with Crippen LogP contribution in [0.2, 0.25) is 5.02 Å². The van der Waals surface area contributed by atoms with Crippen molar-refractivity contribution in [2.45, 2.75) is 20.4 Å². The van der Waals surface area contributed by atoms with Crippen LogP contribution >= 0.6 is 46.0 Å². The fourth-order valence-corrected chi connectivity index (χ4v) is 5.57. The second-order valence-electron chi connectivity index (χ2n) is 8.76. The number of non-ortho nitro benzene ring substituents is 1. The van der Waals surface area contributed by atoms with Crippen molar-refractivity contribution in [1.82, 2.24) is 4.90 Å². The topological polar surface area (TPSA) is 128 Å². The summed E-state index contributed by atoms with van der Waals surface area (Å²) in [5.74, 6) is -0.108. The molecule has 0 saturated carbocycles. The molecule has 0 atom stereocenters. The molecule has 13 heteroatoms. The van der Waals surface area contributed by atoms with Gasteiger partial charge in [0.05, 0.1) is 26.6 Å². The number of hydrogen-bond acceptors (Lipinski definition) is 8. The summed E-state index contributed by atoms with van der Waals surface area (Å²) in [6, 6.07) is 14.3. The van der Waals surface area contributed by atoms with Gasteiger partial charge in [0.15, 0.2) is 18.1 Å². The maximum Gasteiger partial charge on any atom is 0.293 e. The molecular formula is C28H23ClIN3O7S. The molecule has 0 bridgehead atoms. The number of nitro groups is 1. The van der Waals surface area contributed by atoms with Gasteiger partial charge in [0.2, 0.25) is 0 Å². The van der Waals surface area contributed by atoms with Crippen molar-refractivity contribution in [3.8, 4) is 11.5 Å². The van der Waals surface area contributed by atoms with Crippen LogP contribution in [0.25, 0.3) is 6.08 Å². The number of aryl methyl sites for hydroxylation is 1. The van der Waals surface area contributed by atoms with Crippen LogP contribution in [0.5, 0.6) is 11.5 Å². The van der Waals surface area contributed by atoms with Crippen LogP contribution in [0.1, 0.15) is 23.6 Å². The average molecular weight is 708 g/mol. The Morgan fingerprint density at radius 1 is 1.15 bits per heavy atom. The highest BCUT2D eigenvalue weighted by molar-refractivity contribution is 14.1. The third kappa shape index (κ3) is 7.57. The molecule has 0 unspecified atom stereocenters. The first-order chi connectivity index (χ1) is 19.5. The van der Waals surface area contributed by atoms with Crippen molar-refractivity contribution in [1.29, 1.82) is 0 Å². The second-order valence-corrected chi connectivity index (χ2v) is 11.3. The lowest BCUT2D eigenvalue weighted by molar-refractivity contribution is -0.384. The van der Waals surface area contributed by atoms with E-state index >= 15 is 0 Å². The van der Waals surface area contributed by atoms with Crippen molar-refractivity contribution in [3.05, 3.63) is 94.9 Å². The van der Waals surface area contributed by atoms with E-state index in [2.05, 4.69) is 27.9 Å². The van der Waals surface area contributed by atoms with Gasteiger partial charge in [-0.2, -0.15) is 0 Å². The number of anilines is 1. The van der Waals surface area contributed by atoms with Crippen LogP contribution in [0, 0.1) is 20.6 Å². The Hall–Kier alpha value is -3.62. The van der Waals surface area contributed by atoms with Crippen LogP contribution in [0.4, 0.5) is 16.2 Å². The summed E-state index contributed by atoms with van der Waals surface area (Å²) < 4.78 is 12.2. The van der Waals surface area contributed by atoms with Gasteiger partial charge in [-0.25, -0.2) is 0 Å². The molecule has 1 heterocycles. The third-order valence-corrected chi connectivity index (χ3v) is 7.91. The SMILES string of the molecule is CCOc1cc(/C=C2\SC(=O)N(Cc3ccc([N+](=O)[O-])cc3)C2=O)cc(I)c1OCC(=O)Nc1ccc(C)c(Cl)c1. The molecule has 41 heavy (non-hydrogen) atoms. The molecule has 1 N–H and O–H groups in total. The van der Waals surface area contributed by atoms with Crippen molar-refractivity contribution >= 4 is 80.5 Å². The zero-order chi connectivity index (χ0) is 29.7. The molecule has 0 aromatic heterocycles. The lowest BCUT2D eigenvalue weighted by atomic mass is 10.1. The van der Waals surface area contributed by atoms with Crippen LogP contribution < -0.4 is 14.8 Å². The first-order valence-corrected chi connectivity index (χ1v) is 14.5. The Morgan fingerprint density at radius 2 is 1.88 bits per heavy atom. The second kappa shape index (κ2) is 13.4. The van der Waals surface area contributed by atoms with E-state index in [0.717, 1.165) is 22.2 Å². The number of benzene rings is 3. The van der Waals surface area contributed by atoms with Gasteiger partial charge in [0.1, 0.15) is 0 Å². The highest BCUT2D eigenvalue weighted by Gasteiger charge is 2.35. The van der Waals surface area contributed by atoms with Gasteiger partial charge in [0, 0.05) is 22.8 Å². The minimum absolute atomic E-state index is 0.00856. The predicted octanol–water partition coefficient (Wildman–Crippen LogP) is 6.81. The Bertz CT molecular complexity index is 1560. The van der Waals surface area contributed by atoms with Gasteiger partial charge < -0.3 is 14.8 Å². The maximum absolute atomic E-state index is 13.0. The molecule has 0 spiro atoms.